The predicted molar refractivity (Wildman–Crippen MR) is 92.4 cm³/mol. The molecule has 0 saturated carbocycles. The summed E-state index contributed by atoms with van der Waals surface area (Å²) in [6, 6.07) is 7.18. The molecule has 1 N–H and O–H groups in total. The van der Waals surface area contributed by atoms with Crippen molar-refractivity contribution < 1.29 is 9.59 Å². The van der Waals surface area contributed by atoms with Gasteiger partial charge in [0.15, 0.2) is 0 Å². The number of hydrogen-bond acceptors (Lipinski definition) is 2. The summed E-state index contributed by atoms with van der Waals surface area (Å²) in [6.07, 6.45) is 1.05. The van der Waals surface area contributed by atoms with E-state index in [-0.39, 0.29) is 23.1 Å². The van der Waals surface area contributed by atoms with Crippen LogP contribution in [0.4, 0.5) is 0 Å². The van der Waals surface area contributed by atoms with Crippen molar-refractivity contribution in [1.29, 1.82) is 0 Å². The van der Waals surface area contributed by atoms with E-state index < -0.39 is 6.04 Å². The molecule has 0 aliphatic carbocycles. The molecule has 0 bridgehead atoms. The molecule has 1 aliphatic heterocycles. The predicted octanol–water partition coefficient (Wildman–Crippen LogP) is 2.97. The van der Waals surface area contributed by atoms with Crippen LogP contribution < -0.4 is 5.32 Å². The van der Waals surface area contributed by atoms with Gasteiger partial charge in [-0.05, 0) is 35.4 Å². The summed E-state index contributed by atoms with van der Waals surface area (Å²) in [7, 11) is 0. The molecule has 0 spiro atoms. The van der Waals surface area contributed by atoms with Gasteiger partial charge in [0.05, 0.1) is 0 Å². The number of likely N-dealkylation sites (tertiary alicyclic amines) is 1. The van der Waals surface area contributed by atoms with Gasteiger partial charge >= 0.3 is 0 Å². The Morgan fingerprint density at radius 1 is 1.09 bits per heavy atom. The molecule has 1 unspecified atom stereocenters. The van der Waals surface area contributed by atoms with Gasteiger partial charge in [0, 0.05) is 18.7 Å². The summed E-state index contributed by atoms with van der Waals surface area (Å²) in [5.74, 6) is -0.0788. The fourth-order valence-electron chi connectivity index (χ4n) is 2.59. The van der Waals surface area contributed by atoms with Crippen LogP contribution in [0.15, 0.2) is 24.3 Å². The second-order valence-electron chi connectivity index (χ2n) is 7.70. The monoisotopic (exact) mass is 316 g/mol. The van der Waals surface area contributed by atoms with Crippen LogP contribution in [0.5, 0.6) is 0 Å². The third kappa shape index (κ3) is 4.12. The molecule has 1 atom stereocenters. The fraction of sp³-hybridized carbons (Fsp3) is 0.579. The van der Waals surface area contributed by atoms with E-state index in [0.29, 0.717) is 5.56 Å². The first-order valence-corrected chi connectivity index (χ1v) is 8.40. The summed E-state index contributed by atoms with van der Waals surface area (Å²) in [5.41, 5.74) is 1.84. The SMILES string of the molecule is CC(C)C(NC(=O)c1ccc(C(C)(C)C)cc1)C(=O)N1CCC1. The standard InChI is InChI=1S/C19H28N2O2/c1-13(2)16(18(23)21-11-6-12-21)20-17(22)14-7-9-15(10-8-14)19(3,4)5/h7-10,13,16H,6,11-12H2,1-5H3,(H,20,22). The molecular weight excluding hydrogens is 288 g/mol. The zero-order valence-corrected chi connectivity index (χ0v) is 14.8. The molecule has 1 heterocycles. The van der Waals surface area contributed by atoms with Crippen molar-refractivity contribution >= 4 is 11.8 Å². The van der Waals surface area contributed by atoms with Crippen molar-refractivity contribution in [2.24, 2.45) is 5.92 Å². The van der Waals surface area contributed by atoms with E-state index in [1.54, 1.807) is 0 Å². The lowest BCUT2D eigenvalue weighted by molar-refractivity contribution is -0.137. The summed E-state index contributed by atoms with van der Waals surface area (Å²) < 4.78 is 0. The van der Waals surface area contributed by atoms with Crippen LogP contribution in [0.25, 0.3) is 0 Å². The van der Waals surface area contributed by atoms with Crippen LogP contribution in [0.1, 0.15) is 57.0 Å². The summed E-state index contributed by atoms with van der Waals surface area (Å²) in [5, 5.41) is 2.91. The van der Waals surface area contributed by atoms with Gasteiger partial charge in [-0.3, -0.25) is 9.59 Å². The van der Waals surface area contributed by atoms with Crippen molar-refractivity contribution in [1.82, 2.24) is 10.2 Å². The normalized spacial score (nSPS) is 16.0. The fourth-order valence-corrected chi connectivity index (χ4v) is 2.59. The van der Waals surface area contributed by atoms with Crippen molar-refractivity contribution in [2.75, 3.05) is 13.1 Å². The Morgan fingerprint density at radius 2 is 1.65 bits per heavy atom. The highest BCUT2D eigenvalue weighted by atomic mass is 16.2. The Balaban J connectivity index is 2.07. The van der Waals surface area contributed by atoms with E-state index in [0.717, 1.165) is 19.5 Å². The largest absolute Gasteiger partial charge is 0.341 e. The molecule has 1 aromatic rings. The molecular formula is C19H28N2O2. The molecule has 1 aromatic carbocycles. The zero-order valence-electron chi connectivity index (χ0n) is 14.8. The maximum absolute atomic E-state index is 12.5. The second-order valence-corrected chi connectivity index (χ2v) is 7.70. The van der Waals surface area contributed by atoms with Crippen LogP contribution in [0.2, 0.25) is 0 Å². The smallest absolute Gasteiger partial charge is 0.251 e. The minimum absolute atomic E-state index is 0.0333. The van der Waals surface area contributed by atoms with Gasteiger partial charge in [-0.1, -0.05) is 46.8 Å². The van der Waals surface area contributed by atoms with E-state index in [2.05, 4.69) is 26.1 Å². The number of carbonyl (C=O) groups excluding carboxylic acids is 2. The van der Waals surface area contributed by atoms with Crippen LogP contribution in [-0.2, 0) is 10.2 Å². The Labute approximate surface area is 139 Å². The molecule has 1 fully saturated rings. The molecule has 0 radical (unpaired) electrons. The number of rotatable bonds is 4. The highest BCUT2D eigenvalue weighted by Crippen LogP contribution is 2.22. The van der Waals surface area contributed by atoms with Crippen LogP contribution in [-0.4, -0.2) is 35.8 Å². The third-order valence-electron chi connectivity index (χ3n) is 4.40. The number of benzene rings is 1. The summed E-state index contributed by atoms with van der Waals surface area (Å²) in [4.78, 5) is 26.7. The Morgan fingerprint density at radius 3 is 2.04 bits per heavy atom. The minimum Gasteiger partial charge on any atom is -0.341 e. The van der Waals surface area contributed by atoms with Crippen LogP contribution in [0, 0.1) is 5.92 Å². The molecule has 126 valence electrons. The number of carbonyl (C=O) groups is 2. The lowest BCUT2D eigenvalue weighted by atomic mass is 9.86. The van der Waals surface area contributed by atoms with Crippen LogP contribution >= 0.6 is 0 Å². The van der Waals surface area contributed by atoms with Crippen molar-refractivity contribution in [3.63, 3.8) is 0 Å². The highest BCUT2D eigenvalue weighted by Gasteiger charge is 2.31. The first-order valence-electron chi connectivity index (χ1n) is 8.40. The lowest BCUT2D eigenvalue weighted by Gasteiger charge is -2.35. The maximum atomic E-state index is 12.5. The molecule has 0 aromatic heterocycles. The van der Waals surface area contributed by atoms with Gasteiger partial charge < -0.3 is 10.2 Å². The molecule has 23 heavy (non-hydrogen) atoms. The van der Waals surface area contributed by atoms with Gasteiger partial charge in [0.1, 0.15) is 6.04 Å². The Hall–Kier alpha value is -1.84. The Kier molecular flexibility index (Phi) is 5.12. The number of hydrogen-bond donors (Lipinski definition) is 1. The molecule has 2 rings (SSSR count). The van der Waals surface area contributed by atoms with E-state index >= 15 is 0 Å². The first-order chi connectivity index (χ1) is 10.7. The molecule has 4 heteroatoms. The average molecular weight is 316 g/mol. The Bertz CT molecular complexity index is 566. The van der Waals surface area contributed by atoms with Gasteiger partial charge in [0.2, 0.25) is 5.91 Å². The third-order valence-corrected chi connectivity index (χ3v) is 4.40. The van der Waals surface area contributed by atoms with Crippen molar-refractivity contribution in [3.8, 4) is 0 Å². The average Bonchev–Trinajstić information content (AvgIpc) is 2.41. The van der Waals surface area contributed by atoms with E-state index in [9.17, 15) is 9.59 Å². The minimum atomic E-state index is -0.454. The lowest BCUT2D eigenvalue weighted by Crippen LogP contribution is -2.55. The highest BCUT2D eigenvalue weighted by molar-refractivity contribution is 5.97. The van der Waals surface area contributed by atoms with Crippen LogP contribution in [0.3, 0.4) is 0 Å². The number of nitrogens with zero attached hydrogens (tertiary/aromatic N) is 1. The molecule has 1 aliphatic rings. The van der Waals surface area contributed by atoms with Gasteiger partial charge in [0.25, 0.3) is 5.91 Å². The number of nitrogens with one attached hydrogen (secondary N) is 1. The summed E-state index contributed by atoms with van der Waals surface area (Å²) >= 11 is 0. The molecule has 4 nitrogen and oxygen atoms in total. The topological polar surface area (TPSA) is 49.4 Å². The van der Waals surface area contributed by atoms with Gasteiger partial charge in [-0.2, -0.15) is 0 Å². The maximum Gasteiger partial charge on any atom is 0.251 e. The van der Waals surface area contributed by atoms with Crippen molar-refractivity contribution in [2.45, 2.75) is 52.5 Å². The van der Waals surface area contributed by atoms with E-state index in [1.807, 2.05) is 43.0 Å². The van der Waals surface area contributed by atoms with Gasteiger partial charge in [-0.15, -0.1) is 0 Å². The van der Waals surface area contributed by atoms with Crippen molar-refractivity contribution in [3.05, 3.63) is 35.4 Å². The quantitative estimate of drug-likeness (QED) is 0.928. The van der Waals surface area contributed by atoms with Gasteiger partial charge in [-0.25, -0.2) is 0 Å². The van der Waals surface area contributed by atoms with E-state index in [1.165, 1.54) is 5.56 Å². The zero-order chi connectivity index (χ0) is 17.2. The molecule has 2 amide bonds. The van der Waals surface area contributed by atoms with E-state index in [4.69, 9.17) is 0 Å². The first kappa shape index (κ1) is 17.5. The number of amides is 2. The second kappa shape index (κ2) is 6.73. The molecule has 1 saturated heterocycles. The summed E-state index contributed by atoms with van der Waals surface area (Å²) in [6.45, 7) is 12.0.